The van der Waals surface area contributed by atoms with Crippen LogP contribution in [0.5, 0.6) is 0 Å². The van der Waals surface area contributed by atoms with Gasteiger partial charge in [0.05, 0.1) is 20.1 Å². The van der Waals surface area contributed by atoms with Gasteiger partial charge in [-0.05, 0) is 6.42 Å². The molecule has 1 atom stereocenters. The summed E-state index contributed by atoms with van der Waals surface area (Å²) in [5.41, 5.74) is 0. The third-order valence-electron chi connectivity index (χ3n) is 1.59. The maximum Gasteiger partial charge on any atom is 0.314 e. The Labute approximate surface area is 76.5 Å². The lowest BCUT2D eigenvalue weighted by atomic mass is 10.1. The van der Waals surface area contributed by atoms with Gasteiger partial charge >= 0.3 is 11.9 Å². The molecule has 0 saturated carbocycles. The van der Waals surface area contributed by atoms with E-state index in [1.165, 1.54) is 14.2 Å². The molecule has 0 spiro atoms. The molecule has 0 aliphatic carbocycles. The van der Waals surface area contributed by atoms with Gasteiger partial charge in [-0.15, -0.1) is 0 Å². The van der Waals surface area contributed by atoms with Crippen molar-refractivity contribution in [3.05, 3.63) is 0 Å². The van der Waals surface area contributed by atoms with Crippen LogP contribution in [0.1, 0.15) is 12.8 Å². The fraction of sp³-hybridized carbons (Fsp3) is 0.625. The minimum absolute atomic E-state index is 0.117. The first-order chi connectivity index (χ1) is 6.15. The predicted molar refractivity (Wildman–Crippen MR) is 45.5 cm³/mol. The third-order valence-corrected chi connectivity index (χ3v) is 1.59. The topological polar surface area (TPSA) is 76.5 Å². The Morgan fingerprint density at radius 1 is 1.38 bits per heavy atom. The van der Waals surface area contributed by atoms with E-state index in [4.69, 9.17) is 5.41 Å². The van der Waals surface area contributed by atoms with E-state index in [9.17, 15) is 9.59 Å². The summed E-state index contributed by atoms with van der Waals surface area (Å²) in [6, 6.07) is 0. The van der Waals surface area contributed by atoms with Crippen molar-refractivity contribution in [1.82, 2.24) is 0 Å². The SMILES string of the molecule is COC(=O)CC[C@@H](C=N)C(=O)OC. The standard InChI is InChI=1S/C8H13NO4/c1-12-7(10)4-3-6(5-9)8(11)13-2/h5-6,9H,3-4H2,1-2H3/t6-/m0/s1. The molecule has 5 heteroatoms. The number of methoxy groups -OCH3 is 2. The normalized spacial score (nSPS) is 11.5. The van der Waals surface area contributed by atoms with Crippen molar-refractivity contribution in [3.8, 4) is 0 Å². The van der Waals surface area contributed by atoms with E-state index in [0.29, 0.717) is 0 Å². The summed E-state index contributed by atoms with van der Waals surface area (Å²) in [7, 11) is 2.52. The van der Waals surface area contributed by atoms with Gasteiger partial charge in [-0.3, -0.25) is 9.59 Å². The van der Waals surface area contributed by atoms with Crippen molar-refractivity contribution in [2.24, 2.45) is 5.92 Å². The molecule has 1 N–H and O–H groups in total. The molecule has 5 nitrogen and oxygen atoms in total. The molecular weight excluding hydrogens is 174 g/mol. The number of esters is 2. The highest BCUT2D eigenvalue weighted by molar-refractivity contribution is 5.89. The van der Waals surface area contributed by atoms with Crippen LogP contribution in [0.15, 0.2) is 0 Å². The van der Waals surface area contributed by atoms with Crippen LogP contribution in [0.3, 0.4) is 0 Å². The van der Waals surface area contributed by atoms with E-state index in [-0.39, 0.29) is 12.8 Å². The van der Waals surface area contributed by atoms with Crippen molar-refractivity contribution in [3.63, 3.8) is 0 Å². The molecule has 0 unspecified atom stereocenters. The first-order valence-corrected chi connectivity index (χ1v) is 3.81. The van der Waals surface area contributed by atoms with Gasteiger partial charge in [-0.25, -0.2) is 0 Å². The minimum Gasteiger partial charge on any atom is -0.469 e. The fourth-order valence-electron chi connectivity index (χ4n) is 0.796. The van der Waals surface area contributed by atoms with Crippen molar-refractivity contribution in [2.45, 2.75) is 12.8 Å². The maximum atomic E-state index is 10.9. The lowest BCUT2D eigenvalue weighted by Gasteiger charge is -2.07. The molecule has 0 fully saturated rings. The number of carbonyl (C=O) groups excluding carboxylic acids is 2. The van der Waals surface area contributed by atoms with Crippen molar-refractivity contribution in [2.75, 3.05) is 14.2 Å². The van der Waals surface area contributed by atoms with Crippen molar-refractivity contribution in [1.29, 1.82) is 5.41 Å². The van der Waals surface area contributed by atoms with Gasteiger partial charge in [0.15, 0.2) is 0 Å². The fourth-order valence-corrected chi connectivity index (χ4v) is 0.796. The molecule has 0 aromatic heterocycles. The van der Waals surface area contributed by atoms with E-state index < -0.39 is 17.9 Å². The van der Waals surface area contributed by atoms with Crippen molar-refractivity contribution < 1.29 is 19.1 Å². The van der Waals surface area contributed by atoms with Crippen LogP contribution in [0.4, 0.5) is 0 Å². The molecule has 0 radical (unpaired) electrons. The first kappa shape index (κ1) is 11.6. The zero-order chi connectivity index (χ0) is 10.3. The molecule has 0 aromatic rings. The van der Waals surface area contributed by atoms with E-state index in [1.54, 1.807) is 0 Å². The Kier molecular flexibility index (Phi) is 5.50. The molecule has 0 amide bonds. The summed E-state index contributed by atoms with van der Waals surface area (Å²) in [6.07, 6.45) is 1.34. The molecular formula is C8H13NO4. The molecule has 0 aliphatic rings. The average molecular weight is 187 g/mol. The zero-order valence-corrected chi connectivity index (χ0v) is 7.70. The molecule has 0 rings (SSSR count). The van der Waals surface area contributed by atoms with Crippen LogP contribution in [0, 0.1) is 11.3 Å². The number of rotatable bonds is 5. The van der Waals surface area contributed by atoms with Crippen LogP contribution < -0.4 is 0 Å². The highest BCUT2D eigenvalue weighted by Crippen LogP contribution is 2.06. The molecule has 0 saturated heterocycles. The lowest BCUT2D eigenvalue weighted by molar-refractivity contribution is -0.144. The van der Waals surface area contributed by atoms with Crippen LogP contribution in [-0.2, 0) is 19.1 Å². The van der Waals surface area contributed by atoms with Gasteiger partial charge in [0.25, 0.3) is 0 Å². The molecule has 0 aromatic carbocycles. The quantitative estimate of drug-likeness (QED) is 0.498. The Morgan fingerprint density at radius 2 is 2.00 bits per heavy atom. The molecule has 0 heterocycles. The Hall–Kier alpha value is -1.39. The first-order valence-electron chi connectivity index (χ1n) is 3.81. The summed E-state index contributed by atoms with van der Waals surface area (Å²) in [5, 5.41) is 6.92. The Morgan fingerprint density at radius 3 is 2.38 bits per heavy atom. The molecule has 13 heavy (non-hydrogen) atoms. The van der Waals surface area contributed by atoms with Crippen LogP contribution in [0.2, 0.25) is 0 Å². The molecule has 0 aliphatic heterocycles. The largest absolute Gasteiger partial charge is 0.469 e. The van der Waals surface area contributed by atoms with Gasteiger partial charge in [0.2, 0.25) is 0 Å². The molecule has 0 bridgehead atoms. The number of hydrogen-bond acceptors (Lipinski definition) is 5. The third kappa shape index (κ3) is 4.25. The van der Waals surface area contributed by atoms with Crippen molar-refractivity contribution >= 4 is 18.2 Å². The van der Waals surface area contributed by atoms with Gasteiger partial charge in [-0.2, -0.15) is 0 Å². The van der Waals surface area contributed by atoms with Crippen LogP contribution in [-0.4, -0.2) is 32.4 Å². The second-order valence-electron chi connectivity index (χ2n) is 2.41. The Bertz CT molecular complexity index is 202. The van der Waals surface area contributed by atoms with Gasteiger partial charge in [0.1, 0.15) is 0 Å². The van der Waals surface area contributed by atoms with Gasteiger partial charge in [0, 0.05) is 12.6 Å². The van der Waals surface area contributed by atoms with E-state index in [0.717, 1.165) is 6.21 Å². The van der Waals surface area contributed by atoms with Gasteiger partial charge < -0.3 is 14.9 Å². The molecule has 74 valence electrons. The number of ether oxygens (including phenoxy) is 2. The van der Waals surface area contributed by atoms with Crippen LogP contribution >= 0.6 is 0 Å². The zero-order valence-electron chi connectivity index (χ0n) is 7.70. The monoisotopic (exact) mass is 187 g/mol. The maximum absolute atomic E-state index is 10.9. The summed E-state index contributed by atoms with van der Waals surface area (Å²) >= 11 is 0. The second-order valence-corrected chi connectivity index (χ2v) is 2.41. The summed E-state index contributed by atoms with van der Waals surface area (Å²) in [5.74, 6) is -1.54. The van der Waals surface area contributed by atoms with E-state index in [2.05, 4.69) is 9.47 Å². The summed E-state index contributed by atoms with van der Waals surface area (Å²) < 4.78 is 8.82. The summed E-state index contributed by atoms with van der Waals surface area (Å²) in [6.45, 7) is 0. The average Bonchev–Trinajstić information content (AvgIpc) is 2.17. The van der Waals surface area contributed by atoms with E-state index in [1.807, 2.05) is 0 Å². The van der Waals surface area contributed by atoms with Crippen LogP contribution in [0.25, 0.3) is 0 Å². The lowest BCUT2D eigenvalue weighted by Crippen LogP contribution is -2.18. The predicted octanol–water partition coefficient (Wildman–Crippen LogP) is 0.378. The number of nitrogens with one attached hydrogen (secondary N) is 1. The Balaban J connectivity index is 3.92. The van der Waals surface area contributed by atoms with Gasteiger partial charge in [-0.1, -0.05) is 0 Å². The summed E-state index contributed by atoms with van der Waals surface area (Å²) in [4.78, 5) is 21.6. The second kappa shape index (κ2) is 6.16. The minimum atomic E-state index is -0.649. The highest BCUT2D eigenvalue weighted by Gasteiger charge is 2.17. The van der Waals surface area contributed by atoms with E-state index >= 15 is 0 Å². The smallest absolute Gasteiger partial charge is 0.314 e. The number of carbonyl (C=O) groups is 2. The highest BCUT2D eigenvalue weighted by atomic mass is 16.5. The number of hydrogen-bond donors (Lipinski definition) is 1.